The van der Waals surface area contributed by atoms with Gasteiger partial charge in [0.05, 0.1) is 10.4 Å². The van der Waals surface area contributed by atoms with Gasteiger partial charge in [-0.25, -0.2) is 17.7 Å². The smallest absolute Gasteiger partial charge is 0.266 e. The Hall–Kier alpha value is -3.49. The molecule has 3 aromatic carbocycles. The van der Waals surface area contributed by atoms with Gasteiger partial charge in [-0.05, 0) is 35.4 Å². The number of nitrogens with zero attached hydrogens (tertiary/aromatic N) is 4. The molecule has 0 bridgehead atoms. The molecule has 4 aromatic rings. The summed E-state index contributed by atoms with van der Waals surface area (Å²) in [5, 5.41) is 4.26. The van der Waals surface area contributed by atoms with Crippen molar-refractivity contribution in [3.05, 3.63) is 78.9 Å². The lowest BCUT2D eigenvalue weighted by Crippen LogP contribution is -2.44. The van der Waals surface area contributed by atoms with Crippen LogP contribution in [0.1, 0.15) is 0 Å². The summed E-state index contributed by atoms with van der Waals surface area (Å²) >= 11 is 0. The SMILES string of the molecule is CN(c1nc(N2CCNCC2)c2ccccc2n1)S(=O)(=O)c1ccc(-c2ccccc2)cc1. The minimum Gasteiger partial charge on any atom is -0.353 e. The molecule has 1 aliphatic heterocycles. The summed E-state index contributed by atoms with van der Waals surface area (Å²) in [7, 11) is -2.32. The minimum absolute atomic E-state index is 0.161. The van der Waals surface area contributed by atoms with E-state index >= 15 is 0 Å². The Morgan fingerprint density at radius 3 is 2.18 bits per heavy atom. The van der Waals surface area contributed by atoms with E-state index in [0.717, 1.165) is 54.0 Å². The third kappa shape index (κ3) is 4.15. The summed E-state index contributed by atoms with van der Waals surface area (Å²) < 4.78 is 28.0. The maximum atomic E-state index is 13.4. The number of benzene rings is 3. The molecule has 0 unspecified atom stereocenters. The number of fused-ring (bicyclic) bond motifs is 1. The minimum atomic E-state index is -3.83. The highest BCUT2D eigenvalue weighted by Crippen LogP contribution is 2.29. The number of aromatic nitrogens is 2. The number of para-hydroxylation sites is 1. The van der Waals surface area contributed by atoms with Crippen molar-refractivity contribution in [1.82, 2.24) is 15.3 Å². The lowest BCUT2D eigenvalue weighted by molar-refractivity contribution is 0.585. The molecule has 1 fully saturated rings. The maximum Gasteiger partial charge on any atom is 0.266 e. The van der Waals surface area contributed by atoms with Crippen LogP contribution in [0.5, 0.6) is 0 Å². The highest BCUT2D eigenvalue weighted by molar-refractivity contribution is 7.92. The zero-order valence-corrected chi connectivity index (χ0v) is 19.2. The summed E-state index contributed by atoms with van der Waals surface area (Å²) in [6.07, 6.45) is 0. The standard InChI is InChI=1S/C25H25N5O2S/c1-29(33(31,32)21-13-11-20(12-14-21)19-7-3-2-4-8-19)25-27-23-10-6-5-9-22(23)24(28-25)30-17-15-26-16-18-30/h2-14,26H,15-18H2,1H3. The van der Waals surface area contributed by atoms with Crippen molar-refractivity contribution in [2.24, 2.45) is 0 Å². The fourth-order valence-corrected chi connectivity index (χ4v) is 5.11. The van der Waals surface area contributed by atoms with Gasteiger partial charge in [-0.2, -0.15) is 4.98 Å². The van der Waals surface area contributed by atoms with Gasteiger partial charge in [0, 0.05) is 38.6 Å². The molecule has 8 heteroatoms. The predicted molar refractivity (Wildman–Crippen MR) is 132 cm³/mol. The molecule has 0 amide bonds. The Kier molecular flexibility index (Phi) is 5.70. The first-order chi connectivity index (χ1) is 16.0. The monoisotopic (exact) mass is 459 g/mol. The van der Waals surface area contributed by atoms with E-state index in [0.29, 0.717) is 0 Å². The van der Waals surface area contributed by atoms with E-state index in [9.17, 15) is 8.42 Å². The molecule has 1 saturated heterocycles. The third-order valence-electron chi connectivity index (χ3n) is 5.89. The second-order valence-electron chi connectivity index (χ2n) is 7.96. The predicted octanol–water partition coefficient (Wildman–Crippen LogP) is 3.53. The number of rotatable bonds is 5. The second-order valence-corrected chi connectivity index (χ2v) is 9.93. The van der Waals surface area contributed by atoms with Crippen molar-refractivity contribution in [3.63, 3.8) is 0 Å². The molecule has 168 valence electrons. The zero-order chi connectivity index (χ0) is 22.8. The molecule has 0 spiro atoms. The van der Waals surface area contributed by atoms with Gasteiger partial charge in [0.2, 0.25) is 5.95 Å². The van der Waals surface area contributed by atoms with Crippen molar-refractivity contribution in [2.75, 3.05) is 42.4 Å². The average Bonchev–Trinajstić information content (AvgIpc) is 2.88. The van der Waals surface area contributed by atoms with Gasteiger partial charge in [-0.1, -0.05) is 54.6 Å². The molecule has 7 nitrogen and oxygen atoms in total. The fourth-order valence-electron chi connectivity index (χ4n) is 4.02. The molecular weight excluding hydrogens is 434 g/mol. The summed E-state index contributed by atoms with van der Waals surface area (Å²) in [6.45, 7) is 3.32. The third-order valence-corrected chi connectivity index (χ3v) is 7.64. The van der Waals surface area contributed by atoms with Crippen LogP contribution in [0.4, 0.5) is 11.8 Å². The number of hydrogen-bond donors (Lipinski definition) is 1. The Morgan fingerprint density at radius 2 is 1.45 bits per heavy atom. The van der Waals surface area contributed by atoms with Gasteiger partial charge >= 0.3 is 0 Å². The number of piperazine rings is 1. The van der Waals surface area contributed by atoms with Gasteiger partial charge in [0.1, 0.15) is 5.82 Å². The normalized spacial score (nSPS) is 14.4. The molecule has 33 heavy (non-hydrogen) atoms. The highest BCUT2D eigenvalue weighted by atomic mass is 32.2. The van der Waals surface area contributed by atoms with Gasteiger partial charge < -0.3 is 10.2 Å². The molecule has 2 heterocycles. The number of anilines is 2. The van der Waals surface area contributed by atoms with E-state index in [2.05, 4.69) is 15.2 Å². The molecule has 5 rings (SSSR count). The van der Waals surface area contributed by atoms with Crippen molar-refractivity contribution in [2.45, 2.75) is 4.90 Å². The topological polar surface area (TPSA) is 78.4 Å². The van der Waals surface area contributed by atoms with Crippen LogP contribution in [0, 0.1) is 0 Å². The molecule has 1 aliphatic rings. The van der Waals surface area contributed by atoms with E-state index in [1.54, 1.807) is 12.1 Å². The van der Waals surface area contributed by atoms with Crippen LogP contribution in [-0.4, -0.2) is 51.6 Å². The largest absolute Gasteiger partial charge is 0.353 e. The van der Waals surface area contributed by atoms with Crippen molar-refractivity contribution in [3.8, 4) is 11.1 Å². The Bertz CT molecular complexity index is 1370. The highest BCUT2D eigenvalue weighted by Gasteiger charge is 2.26. The first kappa shape index (κ1) is 21.4. The first-order valence-corrected chi connectivity index (χ1v) is 12.3. The summed E-state index contributed by atoms with van der Waals surface area (Å²) in [5.74, 6) is 0.924. The fraction of sp³-hybridized carbons (Fsp3) is 0.200. The number of nitrogens with one attached hydrogen (secondary N) is 1. The molecule has 0 atom stereocenters. The lowest BCUT2D eigenvalue weighted by atomic mass is 10.1. The summed E-state index contributed by atoms with van der Waals surface area (Å²) in [5.41, 5.74) is 2.71. The Labute approximate surface area is 193 Å². The van der Waals surface area contributed by atoms with E-state index < -0.39 is 10.0 Å². The van der Waals surface area contributed by atoms with Crippen LogP contribution in [0.25, 0.3) is 22.0 Å². The molecule has 0 aliphatic carbocycles. The van der Waals surface area contributed by atoms with Crippen molar-refractivity contribution >= 4 is 32.7 Å². The molecular formula is C25H25N5O2S. The van der Waals surface area contributed by atoms with Gasteiger partial charge in [0.25, 0.3) is 10.0 Å². The van der Waals surface area contributed by atoms with Crippen LogP contribution < -0.4 is 14.5 Å². The van der Waals surface area contributed by atoms with Crippen molar-refractivity contribution < 1.29 is 8.42 Å². The molecule has 0 radical (unpaired) electrons. The van der Waals surface area contributed by atoms with Crippen molar-refractivity contribution in [1.29, 1.82) is 0 Å². The maximum absolute atomic E-state index is 13.4. The van der Waals surface area contributed by atoms with E-state index in [1.165, 1.54) is 11.4 Å². The summed E-state index contributed by atoms with van der Waals surface area (Å²) in [4.78, 5) is 11.7. The number of hydrogen-bond acceptors (Lipinski definition) is 6. The second kappa shape index (κ2) is 8.80. The van der Waals surface area contributed by atoms with Crippen LogP contribution in [-0.2, 0) is 10.0 Å². The summed E-state index contributed by atoms with van der Waals surface area (Å²) in [6, 6.07) is 24.5. The van der Waals surface area contributed by atoms with Gasteiger partial charge in [0.15, 0.2) is 0 Å². The Morgan fingerprint density at radius 1 is 0.818 bits per heavy atom. The van der Waals surface area contributed by atoms with Crippen LogP contribution in [0.2, 0.25) is 0 Å². The molecule has 0 saturated carbocycles. The Balaban J connectivity index is 1.51. The average molecular weight is 460 g/mol. The van der Waals surface area contributed by atoms with E-state index in [1.807, 2.05) is 66.7 Å². The molecule has 1 aromatic heterocycles. The zero-order valence-electron chi connectivity index (χ0n) is 18.3. The lowest BCUT2D eigenvalue weighted by Gasteiger charge is -2.30. The van der Waals surface area contributed by atoms with Crippen LogP contribution >= 0.6 is 0 Å². The van der Waals surface area contributed by atoms with Gasteiger partial charge in [-0.15, -0.1) is 0 Å². The van der Waals surface area contributed by atoms with E-state index in [4.69, 9.17) is 4.98 Å². The molecule has 1 N–H and O–H groups in total. The number of sulfonamides is 1. The quantitative estimate of drug-likeness (QED) is 0.492. The van der Waals surface area contributed by atoms with Gasteiger partial charge in [-0.3, -0.25) is 0 Å². The van der Waals surface area contributed by atoms with Crippen LogP contribution in [0.3, 0.4) is 0 Å². The van der Waals surface area contributed by atoms with E-state index in [-0.39, 0.29) is 10.8 Å². The first-order valence-electron chi connectivity index (χ1n) is 10.9. The van der Waals surface area contributed by atoms with Crippen LogP contribution in [0.15, 0.2) is 83.8 Å².